The lowest BCUT2D eigenvalue weighted by Gasteiger charge is -2.17. The first kappa shape index (κ1) is 22.4. The molecule has 0 fully saturated rings. The van der Waals surface area contributed by atoms with Crippen molar-refractivity contribution < 1.29 is 14.0 Å². The van der Waals surface area contributed by atoms with Crippen LogP contribution in [-0.2, 0) is 9.59 Å². The Morgan fingerprint density at radius 2 is 1.86 bits per heavy atom. The maximum atomic E-state index is 13.9. The SMILES string of the molecule is CC(Sc1cccc(NC(=O)CC(C)(C)C)c1)C(=O)Nc1ccc(Br)cc1F. The van der Waals surface area contributed by atoms with Crippen molar-refractivity contribution in [2.75, 3.05) is 10.6 Å². The molecule has 2 aromatic rings. The quantitative estimate of drug-likeness (QED) is 0.506. The molecule has 0 aliphatic heterocycles. The largest absolute Gasteiger partial charge is 0.326 e. The summed E-state index contributed by atoms with van der Waals surface area (Å²) in [5, 5.41) is 5.05. The van der Waals surface area contributed by atoms with E-state index in [1.807, 2.05) is 45.0 Å². The zero-order valence-corrected chi connectivity index (χ0v) is 18.7. The summed E-state index contributed by atoms with van der Waals surface area (Å²) in [5.74, 6) is -0.844. The molecule has 0 saturated heterocycles. The van der Waals surface area contributed by atoms with Crippen molar-refractivity contribution in [3.8, 4) is 0 Å². The van der Waals surface area contributed by atoms with Crippen LogP contribution in [0.5, 0.6) is 0 Å². The Kier molecular flexibility index (Phi) is 7.66. The molecule has 0 aliphatic carbocycles. The Hall–Kier alpha value is -1.86. The van der Waals surface area contributed by atoms with Gasteiger partial charge in [0.1, 0.15) is 5.82 Å². The minimum Gasteiger partial charge on any atom is -0.326 e. The van der Waals surface area contributed by atoms with Gasteiger partial charge in [0.25, 0.3) is 0 Å². The monoisotopic (exact) mass is 466 g/mol. The Morgan fingerprint density at radius 1 is 1.14 bits per heavy atom. The third-order valence-corrected chi connectivity index (χ3v) is 5.27. The number of halogens is 2. The van der Waals surface area contributed by atoms with Crippen molar-refractivity contribution in [3.63, 3.8) is 0 Å². The Morgan fingerprint density at radius 3 is 2.50 bits per heavy atom. The van der Waals surface area contributed by atoms with E-state index in [0.717, 1.165) is 4.90 Å². The topological polar surface area (TPSA) is 58.2 Å². The fourth-order valence-electron chi connectivity index (χ4n) is 2.42. The van der Waals surface area contributed by atoms with Crippen molar-refractivity contribution >= 4 is 50.9 Å². The molecule has 2 amide bonds. The van der Waals surface area contributed by atoms with E-state index in [1.165, 1.54) is 23.9 Å². The molecule has 7 heteroatoms. The first-order valence-corrected chi connectivity index (χ1v) is 10.5. The predicted molar refractivity (Wildman–Crippen MR) is 117 cm³/mol. The number of hydrogen-bond acceptors (Lipinski definition) is 3. The van der Waals surface area contributed by atoms with Crippen LogP contribution < -0.4 is 10.6 Å². The second-order valence-electron chi connectivity index (χ2n) is 7.69. The van der Waals surface area contributed by atoms with E-state index in [2.05, 4.69) is 26.6 Å². The lowest BCUT2D eigenvalue weighted by atomic mass is 9.92. The molecule has 0 saturated carbocycles. The van der Waals surface area contributed by atoms with Crippen LogP contribution >= 0.6 is 27.7 Å². The van der Waals surface area contributed by atoms with E-state index in [4.69, 9.17) is 0 Å². The minimum atomic E-state index is -0.497. The Labute approximate surface area is 177 Å². The van der Waals surface area contributed by atoms with Gasteiger partial charge in [-0.2, -0.15) is 0 Å². The van der Waals surface area contributed by atoms with Crippen molar-refractivity contribution in [2.24, 2.45) is 5.41 Å². The number of thioether (sulfide) groups is 1. The van der Waals surface area contributed by atoms with Gasteiger partial charge >= 0.3 is 0 Å². The highest BCUT2D eigenvalue weighted by molar-refractivity contribution is 9.10. The Bertz CT molecular complexity index is 868. The van der Waals surface area contributed by atoms with E-state index in [1.54, 1.807) is 13.0 Å². The molecule has 0 heterocycles. The molecular formula is C21H24BrFN2O2S. The normalized spacial score (nSPS) is 12.4. The van der Waals surface area contributed by atoms with Gasteiger partial charge in [0.15, 0.2) is 0 Å². The number of rotatable bonds is 6. The summed E-state index contributed by atoms with van der Waals surface area (Å²) in [6.07, 6.45) is 0.419. The van der Waals surface area contributed by atoms with Crippen LogP contribution in [0, 0.1) is 11.2 Å². The van der Waals surface area contributed by atoms with E-state index in [0.29, 0.717) is 16.6 Å². The second kappa shape index (κ2) is 9.56. The van der Waals surface area contributed by atoms with Gasteiger partial charge in [-0.3, -0.25) is 9.59 Å². The van der Waals surface area contributed by atoms with Gasteiger partial charge in [0.2, 0.25) is 11.8 Å². The van der Waals surface area contributed by atoms with E-state index in [-0.39, 0.29) is 22.9 Å². The molecule has 0 aliphatic rings. The standard InChI is InChI=1S/C21H24BrFN2O2S/c1-13(20(27)25-18-9-8-14(22)10-17(18)23)28-16-7-5-6-15(11-16)24-19(26)12-21(2,3)4/h5-11,13H,12H2,1-4H3,(H,24,26)(H,25,27). The van der Waals surface area contributed by atoms with Crippen LogP contribution in [0.2, 0.25) is 0 Å². The fraction of sp³-hybridized carbons (Fsp3) is 0.333. The van der Waals surface area contributed by atoms with Gasteiger partial charge in [-0.1, -0.05) is 42.8 Å². The summed E-state index contributed by atoms with van der Waals surface area (Å²) in [7, 11) is 0. The van der Waals surface area contributed by atoms with Gasteiger partial charge in [-0.05, 0) is 48.7 Å². The first-order valence-electron chi connectivity index (χ1n) is 8.86. The molecule has 0 radical (unpaired) electrons. The summed E-state index contributed by atoms with van der Waals surface area (Å²) in [6.45, 7) is 7.77. The van der Waals surface area contributed by atoms with E-state index in [9.17, 15) is 14.0 Å². The zero-order valence-electron chi connectivity index (χ0n) is 16.3. The number of amides is 2. The average molecular weight is 467 g/mol. The van der Waals surface area contributed by atoms with Gasteiger partial charge < -0.3 is 10.6 Å². The third-order valence-electron chi connectivity index (χ3n) is 3.68. The van der Waals surface area contributed by atoms with Crippen molar-refractivity contribution in [1.82, 2.24) is 0 Å². The molecule has 2 rings (SSSR count). The Balaban J connectivity index is 1.98. The summed E-state index contributed by atoms with van der Waals surface area (Å²) >= 11 is 4.53. The van der Waals surface area contributed by atoms with Gasteiger partial charge in [-0.25, -0.2) is 4.39 Å². The molecule has 4 nitrogen and oxygen atoms in total. The second-order valence-corrected chi connectivity index (χ2v) is 10.0. The summed E-state index contributed by atoms with van der Waals surface area (Å²) < 4.78 is 14.5. The number of carbonyl (C=O) groups excluding carboxylic acids is 2. The lowest BCUT2D eigenvalue weighted by molar-refractivity contribution is -0.118. The van der Waals surface area contributed by atoms with Gasteiger partial charge in [-0.15, -0.1) is 11.8 Å². The molecule has 0 aromatic heterocycles. The molecule has 2 aromatic carbocycles. The van der Waals surface area contributed by atoms with E-state index >= 15 is 0 Å². The highest BCUT2D eigenvalue weighted by Crippen LogP contribution is 2.28. The number of anilines is 2. The van der Waals surface area contributed by atoms with Crippen LogP contribution in [0.25, 0.3) is 0 Å². The average Bonchev–Trinajstić information content (AvgIpc) is 2.55. The predicted octanol–water partition coefficient (Wildman–Crippen LogP) is 6.08. The van der Waals surface area contributed by atoms with Crippen LogP contribution in [0.1, 0.15) is 34.1 Å². The number of carbonyl (C=O) groups is 2. The van der Waals surface area contributed by atoms with Gasteiger partial charge in [0, 0.05) is 21.5 Å². The van der Waals surface area contributed by atoms with Gasteiger partial charge in [0.05, 0.1) is 10.9 Å². The smallest absolute Gasteiger partial charge is 0.237 e. The molecular weight excluding hydrogens is 443 g/mol. The lowest BCUT2D eigenvalue weighted by Crippen LogP contribution is -2.23. The summed E-state index contributed by atoms with van der Waals surface area (Å²) in [4.78, 5) is 25.3. The maximum absolute atomic E-state index is 13.9. The number of nitrogens with one attached hydrogen (secondary N) is 2. The van der Waals surface area contributed by atoms with Crippen LogP contribution in [0.4, 0.5) is 15.8 Å². The molecule has 1 unspecified atom stereocenters. The first-order chi connectivity index (χ1) is 13.0. The highest BCUT2D eigenvalue weighted by Gasteiger charge is 2.18. The number of benzene rings is 2. The zero-order chi connectivity index (χ0) is 20.9. The minimum absolute atomic E-state index is 0.0499. The van der Waals surface area contributed by atoms with Crippen LogP contribution in [-0.4, -0.2) is 17.1 Å². The molecule has 2 N–H and O–H groups in total. The fourth-order valence-corrected chi connectivity index (χ4v) is 3.68. The molecule has 0 bridgehead atoms. The van der Waals surface area contributed by atoms with Crippen molar-refractivity contribution in [1.29, 1.82) is 0 Å². The molecule has 150 valence electrons. The van der Waals surface area contributed by atoms with Crippen LogP contribution in [0.15, 0.2) is 51.8 Å². The highest BCUT2D eigenvalue weighted by atomic mass is 79.9. The van der Waals surface area contributed by atoms with E-state index < -0.39 is 11.1 Å². The third kappa shape index (κ3) is 7.28. The summed E-state index contributed by atoms with van der Waals surface area (Å²) in [6, 6.07) is 11.8. The van der Waals surface area contributed by atoms with Crippen molar-refractivity contribution in [3.05, 3.63) is 52.8 Å². The van der Waals surface area contributed by atoms with Crippen LogP contribution in [0.3, 0.4) is 0 Å². The molecule has 0 spiro atoms. The number of hydrogen-bond donors (Lipinski definition) is 2. The van der Waals surface area contributed by atoms with Crippen molar-refractivity contribution in [2.45, 2.75) is 44.3 Å². The maximum Gasteiger partial charge on any atom is 0.237 e. The molecule has 1 atom stereocenters. The molecule has 28 heavy (non-hydrogen) atoms. The summed E-state index contributed by atoms with van der Waals surface area (Å²) in [5.41, 5.74) is 0.736.